The van der Waals surface area contributed by atoms with Gasteiger partial charge in [0.15, 0.2) is 0 Å². The molecular weight excluding hydrogens is 328 g/mol. The Labute approximate surface area is 142 Å². The summed E-state index contributed by atoms with van der Waals surface area (Å²) in [5, 5.41) is 10.6. The summed E-state index contributed by atoms with van der Waals surface area (Å²) in [6.45, 7) is 0.213. The maximum Gasteiger partial charge on any atom is 0.243 e. The van der Waals surface area contributed by atoms with Crippen molar-refractivity contribution < 1.29 is 19.5 Å². The summed E-state index contributed by atoms with van der Waals surface area (Å²) in [6.07, 6.45) is 1.47. The maximum atomic E-state index is 12.5. The topological polar surface area (TPSA) is 90.4 Å². The van der Waals surface area contributed by atoms with Crippen LogP contribution in [-0.2, 0) is 16.1 Å². The average molecular weight is 341 g/mol. The molecule has 1 aliphatic rings. The van der Waals surface area contributed by atoms with Gasteiger partial charge >= 0.3 is 0 Å². The molecule has 0 aliphatic carbocycles. The highest BCUT2D eigenvalue weighted by molar-refractivity contribution is 8.00. The van der Waals surface area contributed by atoms with Crippen LogP contribution in [-0.4, -0.2) is 32.9 Å². The number of imide groups is 1. The molecule has 24 heavy (non-hydrogen) atoms. The highest BCUT2D eigenvalue weighted by Gasteiger charge is 2.39. The Morgan fingerprint density at radius 3 is 2.67 bits per heavy atom. The van der Waals surface area contributed by atoms with Crippen LogP contribution < -0.4 is 5.11 Å². The highest BCUT2D eigenvalue weighted by Crippen LogP contribution is 2.32. The van der Waals surface area contributed by atoms with Gasteiger partial charge in [-0.1, -0.05) is 42.1 Å². The first kappa shape index (κ1) is 16.2. The fourth-order valence-electron chi connectivity index (χ4n) is 2.45. The summed E-state index contributed by atoms with van der Waals surface area (Å²) in [4.78, 5) is 41.0. The number of amides is 2. The lowest BCUT2D eigenvalue weighted by atomic mass is 10.2. The number of hydrogen-bond donors (Lipinski definition) is 0. The van der Waals surface area contributed by atoms with Gasteiger partial charge in [0.05, 0.1) is 17.8 Å². The number of nitrogens with zero attached hydrogens (tertiary/aromatic N) is 2. The molecule has 0 unspecified atom stereocenters. The van der Waals surface area contributed by atoms with E-state index in [9.17, 15) is 19.5 Å². The van der Waals surface area contributed by atoms with Crippen molar-refractivity contribution in [2.24, 2.45) is 0 Å². The zero-order valence-electron chi connectivity index (χ0n) is 12.5. The Kier molecular flexibility index (Phi) is 4.61. The molecule has 0 radical (unpaired) electrons. The fraction of sp³-hybridized carbons (Fsp3) is 0.176. The lowest BCUT2D eigenvalue weighted by molar-refractivity contribution is -0.255. The van der Waals surface area contributed by atoms with Gasteiger partial charge in [-0.3, -0.25) is 14.5 Å². The van der Waals surface area contributed by atoms with Crippen molar-refractivity contribution in [2.75, 3.05) is 0 Å². The molecule has 7 heteroatoms. The van der Waals surface area contributed by atoms with Crippen molar-refractivity contribution >= 4 is 29.5 Å². The summed E-state index contributed by atoms with van der Waals surface area (Å²) >= 11 is 0.988. The molecular formula is C17H13N2O4S-. The first-order valence-electron chi connectivity index (χ1n) is 7.27. The van der Waals surface area contributed by atoms with Crippen LogP contribution >= 0.6 is 11.8 Å². The second kappa shape index (κ2) is 6.84. The van der Waals surface area contributed by atoms with Gasteiger partial charge in [-0.05, 0) is 17.7 Å². The smallest absolute Gasteiger partial charge is 0.243 e. The second-order valence-electron chi connectivity index (χ2n) is 5.26. The summed E-state index contributed by atoms with van der Waals surface area (Å²) < 4.78 is 0. The Hall–Kier alpha value is -2.67. The molecule has 6 nitrogen and oxygen atoms in total. The first-order chi connectivity index (χ1) is 11.6. The van der Waals surface area contributed by atoms with E-state index in [1.165, 1.54) is 23.2 Å². The number of carboxylic acids is 1. The molecule has 1 saturated heterocycles. The summed E-state index contributed by atoms with van der Waals surface area (Å²) in [6, 6.07) is 12.1. The first-order valence-corrected chi connectivity index (χ1v) is 8.15. The number of likely N-dealkylation sites (tertiary alicyclic amines) is 1. The molecule has 3 rings (SSSR count). The lowest BCUT2D eigenvalue weighted by Crippen LogP contribution is -2.31. The van der Waals surface area contributed by atoms with E-state index in [1.54, 1.807) is 0 Å². The third-order valence-electron chi connectivity index (χ3n) is 3.63. The molecule has 1 aliphatic heterocycles. The number of benzene rings is 1. The van der Waals surface area contributed by atoms with E-state index in [0.717, 1.165) is 17.3 Å². The molecule has 0 spiro atoms. The van der Waals surface area contributed by atoms with Crippen LogP contribution in [0, 0.1) is 0 Å². The Bertz CT molecular complexity index is 794. The minimum Gasteiger partial charge on any atom is -0.545 e. The standard InChI is InChI=1S/C17H14N2O4S/c20-14-9-13(24-15-12(17(22)23)7-4-8-18-15)16(21)19(14)10-11-5-2-1-3-6-11/h1-8,13H,9-10H2,(H,22,23)/p-1/t13-/m1/s1. The molecule has 1 aromatic carbocycles. The highest BCUT2D eigenvalue weighted by atomic mass is 32.2. The van der Waals surface area contributed by atoms with Crippen molar-refractivity contribution in [3.8, 4) is 0 Å². The largest absolute Gasteiger partial charge is 0.545 e. The zero-order valence-corrected chi connectivity index (χ0v) is 13.4. The van der Waals surface area contributed by atoms with Gasteiger partial charge in [-0.2, -0.15) is 0 Å². The van der Waals surface area contributed by atoms with E-state index >= 15 is 0 Å². The maximum absolute atomic E-state index is 12.5. The number of pyridine rings is 1. The van der Waals surface area contributed by atoms with E-state index < -0.39 is 11.2 Å². The minimum atomic E-state index is -1.36. The zero-order chi connectivity index (χ0) is 17.1. The molecule has 2 aromatic rings. The second-order valence-corrected chi connectivity index (χ2v) is 6.45. The van der Waals surface area contributed by atoms with E-state index in [2.05, 4.69) is 4.98 Å². The number of carbonyl (C=O) groups excluding carboxylic acids is 3. The number of carboxylic acid groups (broad SMARTS) is 1. The lowest BCUT2D eigenvalue weighted by Gasteiger charge is -2.15. The van der Waals surface area contributed by atoms with Crippen LogP contribution in [0.15, 0.2) is 53.7 Å². The van der Waals surface area contributed by atoms with E-state index in [-0.39, 0.29) is 35.4 Å². The van der Waals surface area contributed by atoms with Crippen LogP contribution in [0.2, 0.25) is 0 Å². The number of aromatic carboxylic acids is 1. The van der Waals surface area contributed by atoms with Crippen LogP contribution in [0.3, 0.4) is 0 Å². The van der Waals surface area contributed by atoms with Crippen LogP contribution in [0.4, 0.5) is 0 Å². The van der Waals surface area contributed by atoms with Crippen LogP contribution in [0.1, 0.15) is 22.3 Å². The van der Waals surface area contributed by atoms with Crippen molar-refractivity contribution in [2.45, 2.75) is 23.2 Å². The van der Waals surface area contributed by atoms with Gasteiger partial charge in [0.2, 0.25) is 11.8 Å². The van der Waals surface area contributed by atoms with Gasteiger partial charge in [0.25, 0.3) is 0 Å². The Morgan fingerprint density at radius 1 is 1.21 bits per heavy atom. The number of carbonyl (C=O) groups is 3. The predicted molar refractivity (Wildman–Crippen MR) is 84.8 cm³/mol. The van der Waals surface area contributed by atoms with E-state index in [1.807, 2.05) is 30.3 Å². The molecule has 2 amide bonds. The van der Waals surface area contributed by atoms with E-state index in [0.29, 0.717) is 0 Å². The van der Waals surface area contributed by atoms with Gasteiger partial charge < -0.3 is 9.90 Å². The predicted octanol–water partition coefficient (Wildman–Crippen LogP) is 0.865. The minimum absolute atomic E-state index is 0.0272. The third-order valence-corrected chi connectivity index (χ3v) is 4.83. The number of thioether (sulfide) groups is 1. The van der Waals surface area contributed by atoms with Crippen molar-refractivity contribution in [3.05, 3.63) is 59.8 Å². The molecule has 0 N–H and O–H groups in total. The summed E-state index contributed by atoms with van der Waals surface area (Å²) in [7, 11) is 0. The quantitative estimate of drug-likeness (QED) is 0.750. The average Bonchev–Trinajstić information content (AvgIpc) is 2.84. The normalized spacial score (nSPS) is 17.3. The molecule has 122 valence electrons. The monoisotopic (exact) mass is 341 g/mol. The molecule has 0 saturated carbocycles. The number of aromatic nitrogens is 1. The van der Waals surface area contributed by atoms with Crippen LogP contribution in [0.25, 0.3) is 0 Å². The number of hydrogen-bond acceptors (Lipinski definition) is 6. The van der Waals surface area contributed by atoms with Crippen molar-refractivity contribution in [3.63, 3.8) is 0 Å². The molecule has 2 heterocycles. The molecule has 1 atom stereocenters. The fourth-order valence-corrected chi connectivity index (χ4v) is 3.58. The summed E-state index contributed by atoms with van der Waals surface area (Å²) in [5.41, 5.74) is 0.780. The summed E-state index contributed by atoms with van der Waals surface area (Å²) in [5.74, 6) is -1.96. The molecule has 1 fully saturated rings. The van der Waals surface area contributed by atoms with Gasteiger partial charge in [-0.15, -0.1) is 0 Å². The van der Waals surface area contributed by atoms with Crippen LogP contribution in [0.5, 0.6) is 0 Å². The van der Waals surface area contributed by atoms with Crippen molar-refractivity contribution in [1.29, 1.82) is 0 Å². The Balaban J connectivity index is 1.76. The molecule has 0 bridgehead atoms. The number of rotatable bonds is 5. The molecule has 1 aromatic heterocycles. The van der Waals surface area contributed by atoms with Gasteiger partial charge in [-0.25, -0.2) is 4.98 Å². The van der Waals surface area contributed by atoms with Gasteiger partial charge in [0.1, 0.15) is 5.03 Å². The third kappa shape index (κ3) is 3.30. The Morgan fingerprint density at radius 2 is 1.96 bits per heavy atom. The van der Waals surface area contributed by atoms with Gasteiger partial charge in [0, 0.05) is 18.2 Å². The van der Waals surface area contributed by atoms with E-state index in [4.69, 9.17) is 0 Å². The van der Waals surface area contributed by atoms with Crippen molar-refractivity contribution in [1.82, 2.24) is 9.88 Å². The SMILES string of the molecule is O=C([O-])c1cccnc1S[C@@H]1CC(=O)N(Cc2ccccc2)C1=O.